The van der Waals surface area contributed by atoms with Crippen molar-refractivity contribution >= 4 is 11.6 Å². The van der Waals surface area contributed by atoms with E-state index in [9.17, 15) is 4.79 Å². The monoisotopic (exact) mass is 300 g/mol. The van der Waals surface area contributed by atoms with Crippen LogP contribution >= 0.6 is 0 Å². The number of anilines is 1. The van der Waals surface area contributed by atoms with E-state index in [1.54, 1.807) is 12.4 Å². The van der Waals surface area contributed by atoms with Gasteiger partial charge in [0.05, 0.1) is 5.92 Å². The van der Waals surface area contributed by atoms with Crippen molar-refractivity contribution in [3.63, 3.8) is 0 Å². The first-order valence-corrected chi connectivity index (χ1v) is 7.39. The number of hydrogen-bond acceptors (Lipinski definition) is 4. The summed E-state index contributed by atoms with van der Waals surface area (Å²) in [6.07, 6.45) is 5.77. The lowest BCUT2D eigenvalue weighted by atomic mass is 9.99. The third-order valence-corrected chi connectivity index (χ3v) is 4.04. The molecule has 1 saturated heterocycles. The van der Waals surface area contributed by atoms with Crippen molar-refractivity contribution in [3.8, 4) is 0 Å². The molecule has 2 aromatic heterocycles. The molecule has 0 unspecified atom stereocenters. The van der Waals surface area contributed by atoms with Crippen LogP contribution in [0.3, 0.4) is 0 Å². The van der Waals surface area contributed by atoms with Crippen LogP contribution in [0.25, 0.3) is 0 Å². The van der Waals surface area contributed by atoms with E-state index >= 15 is 0 Å². The van der Waals surface area contributed by atoms with Gasteiger partial charge in [0, 0.05) is 43.6 Å². The molecule has 0 bridgehead atoms. The fourth-order valence-electron chi connectivity index (χ4n) is 2.75. The zero-order valence-corrected chi connectivity index (χ0v) is 13.0. The molecule has 0 saturated carbocycles. The largest absolute Gasteiger partial charge is 0.369 e. The predicted octanol–water partition coefficient (Wildman–Crippen LogP) is 2.15. The summed E-state index contributed by atoms with van der Waals surface area (Å²) >= 11 is 0. The topological polar surface area (TPSA) is 69.0 Å². The Bertz CT molecular complexity index is 695. The number of aromatic nitrogens is 3. The van der Waals surface area contributed by atoms with Gasteiger partial charge in [-0.3, -0.25) is 9.78 Å². The molecule has 0 aromatic carbocycles. The minimum absolute atomic E-state index is 0.0285. The molecule has 1 N–H and O–H groups in total. The number of imidazole rings is 1. The molecule has 2 atom stereocenters. The standard InChI is InChI=1S/C16H20N4O2/c1-10-9-18-11(2)8-13(10)19-16(21)12-4-7-22-14(12)15-17-5-6-20(15)3/h5-6,8-9,12,14H,4,7H2,1-3H3,(H,18,19,21)/t12-,14-/m1/s1. The Kier molecular flexibility index (Phi) is 3.94. The molecule has 3 rings (SSSR count). The molecule has 6 nitrogen and oxygen atoms in total. The summed E-state index contributed by atoms with van der Waals surface area (Å²) in [4.78, 5) is 21.2. The number of nitrogens with zero attached hydrogens (tertiary/aromatic N) is 3. The van der Waals surface area contributed by atoms with Crippen molar-refractivity contribution in [3.05, 3.63) is 41.7 Å². The van der Waals surface area contributed by atoms with E-state index in [2.05, 4.69) is 15.3 Å². The van der Waals surface area contributed by atoms with Gasteiger partial charge in [0.1, 0.15) is 11.9 Å². The second-order valence-electron chi connectivity index (χ2n) is 5.71. The Morgan fingerprint density at radius 3 is 2.95 bits per heavy atom. The quantitative estimate of drug-likeness (QED) is 0.943. The van der Waals surface area contributed by atoms with Gasteiger partial charge in [-0.15, -0.1) is 0 Å². The van der Waals surface area contributed by atoms with Gasteiger partial charge < -0.3 is 14.6 Å². The summed E-state index contributed by atoms with van der Waals surface area (Å²) in [5, 5.41) is 3.01. The Morgan fingerprint density at radius 1 is 1.41 bits per heavy atom. The van der Waals surface area contributed by atoms with E-state index in [0.717, 1.165) is 22.8 Å². The summed E-state index contributed by atoms with van der Waals surface area (Å²) in [5.41, 5.74) is 2.64. The first-order chi connectivity index (χ1) is 10.6. The predicted molar refractivity (Wildman–Crippen MR) is 82.3 cm³/mol. The van der Waals surface area contributed by atoms with Crippen LogP contribution in [0.4, 0.5) is 5.69 Å². The number of ether oxygens (including phenoxy) is 1. The highest BCUT2D eigenvalue weighted by Gasteiger charge is 2.37. The molecule has 2 aromatic rings. The first kappa shape index (κ1) is 14.7. The van der Waals surface area contributed by atoms with Crippen LogP contribution in [0, 0.1) is 19.8 Å². The maximum Gasteiger partial charge on any atom is 0.230 e. The Balaban J connectivity index is 1.79. The van der Waals surface area contributed by atoms with Crippen molar-refractivity contribution in [2.45, 2.75) is 26.4 Å². The van der Waals surface area contributed by atoms with E-state index < -0.39 is 0 Å². The minimum atomic E-state index is -0.289. The van der Waals surface area contributed by atoms with Gasteiger partial charge in [0.25, 0.3) is 0 Å². The Morgan fingerprint density at radius 2 is 2.23 bits per heavy atom. The van der Waals surface area contributed by atoms with Crippen LogP contribution in [0.15, 0.2) is 24.7 Å². The smallest absolute Gasteiger partial charge is 0.230 e. The number of hydrogen-bond donors (Lipinski definition) is 1. The molecule has 1 fully saturated rings. The molecule has 6 heteroatoms. The van der Waals surface area contributed by atoms with Crippen LogP contribution in [-0.4, -0.2) is 27.0 Å². The van der Waals surface area contributed by atoms with Crippen LogP contribution in [0.5, 0.6) is 0 Å². The molecule has 3 heterocycles. The Labute approximate surface area is 129 Å². The van der Waals surface area contributed by atoms with Crippen LogP contribution in [-0.2, 0) is 16.6 Å². The molecular weight excluding hydrogens is 280 g/mol. The normalized spacial score (nSPS) is 21.0. The first-order valence-electron chi connectivity index (χ1n) is 7.39. The summed E-state index contributed by atoms with van der Waals surface area (Å²) in [6, 6.07) is 1.89. The summed E-state index contributed by atoms with van der Waals surface area (Å²) < 4.78 is 7.65. The lowest BCUT2D eigenvalue weighted by Crippen LogP contribution is -2.27. The second kappa shape index (κ2) is 5.88. The van der Waals surface area contributed by atoms with Gasteiger partial charge in [-0.1, -0.05) is 0 Å². The van der Waals surface area contributed by atoms with Gasteiger partial charge in [0.2, 0.25) is 5.91 Å². The summed E-state index contributed by atoms with van der Waals surface area (Å²) in [7, 11) is 1.91. The number of pyridine rings is 1. The van der Waals surface area contributed by atoms with Crippen LogP contribution in [0.1, 0.15) is 29.6 Å². The average Bonchev–Trinajstić information content (AvgIpc) is 3.11. The van der Waals surface area contributed by atoms with Gasteiger partial charge in [0.15, 0.2) is 0 Å². The number of carbonyl (C=O) groups is 1. The molecule has 1 amide bonds. The van der Waals surface area contributed by atoms with Gasteiger partial charge in [-0.25, -0.2) is 4.98 Å². The Hall–Kier alpha value is -2.21. The lowest BCUT2D eigenvalue weighted by Gasteiger charge is -2.18. The zero-order valence-electron chi connectivity index (χ0n) is 13.0. The number of carbonyl (C=O) groups excluding carboxylic acids is 1. The van der Waals surface area contributed by atoms with Crippen molar-refractivity contribution in [1.82, 2.24) is 14.5 Å². The fraction of sp³-hybridized carbons (Fsp3) is 0.438. The third-order valence-electron chi connectivity index (χ3n) is 4.04. The van der Waals surface area contributed by atoms with E-state index in [1.165, 1.54) is 0 Å². The number of rotatable bonds is 3. The van der Waals surface area contributed by atoms with Crippen molar-refractivity contribution in [1.29, 1.82) is 0 Å². The average molecular weight is 300 g/mol. The van der Waals surface area contributed by atoms with Crippen LogP contribution < -0.4 is 5.32 Å². The molecule has 116 valence electrons. The number of aryl methyl sites for hydroxylation is 3. The van der Waals surface area contributed by atoms with Gasteiger partial charge in [-0.05, 0) is 31.9 Å². The maximum absolute atomic E-state index is 12.6. The van der Waals surface area contributed by atoms with Crippen molar-refractivity contribution in [2.24, 2.45) is 13.0 Å². The van der Waals surface area contributed by atoms with Gasteiger partial charge >= 0.3 is 0 Å². The third kappa shape index (κ3) is 2.74. The van der Waals surface area contributed by atoms with E-state index in [4.69, 9.17) is 4.74 Å². The molecule has 0 spiro atoms. The molecule has 1 aliphatic heterocycles. The highest BCUT2D eigenvalue weighted by Crippen LogP contribution is 2.34. The zero-order chi connectivity index (χ0) is 15.7. The molecule has 0 radical (unpaired) electrons. The second-order valence-corrected chi connectivity index (χ2v) is 5.71. The van der Waals surface area contributed by atoms with Gasteiger partial charge in [-0.2, -0.15) is 0 Å². The SMILES string of the molecule is Cc1cc(NC(=O)[C@@H]2CCO[C@H]2c2nccn2C)c(C)cn1. The fourth-order valence-corrected chi connectivity index (χ4v) is 2.75. The highest BCUT2D eigenvalue weighted by atomic mass is 16.5. The number of nitrogens with one attached hydrogen (secondary N) is 1. The molecule has 1 aliphatic rings. The maximum atomic E-state index is 12.6. The van der Waals surface area contributed by atoms with Crippen LogP contribution in [0.2, 0.25) is 0 Å². The molecule has 22 heavy (non-hydrogen) atoms. The highest BCUT2D eigenvalue weighted by molar-refractivity contribution is 5.93. The van der Waals surface area contributed by atoms with E-state index in [-0.39, 0.29) is 17.9 Å². The summed E-state index contributed by atoms with van der Waals surface area (Å²) in [6.45, 7) is 4.41. The lowest BCUT2D eigenvalue weighted by molar-refractivity contribution is -0.121. The number of amides is 1. The van der Waals surface area contributed by atoms with E-state index in [0.29, 0.717) is 13.0 Å². The summed E-state index contributed by atoms with van der Waals surface area (Å²) in [5.74, 6) is 0.536. The molecular formula is C16H20N4O2. The molecule has 0 aliphatic carbocycles. The van der Waals surface area contributed by atoms with Crippen molar-refractivity contribution < 1.29 is 9.53 Å². The van der Waals surface area contributed by atoms with E-state index in [1.807, 2.05) is 37.7 Å². The van der Waals surface area contributed by atoms with Crippen molar-refractivity contribution in [2.75, 3.05) is 11.9 Å². The minimum Gasteiger partial charge on any atom is -0.369 e.